The Hall–Kier alpha value is -1.33. The summed E-state index contributed by atoms with van der Waals surface area (Å²) in [5, 5.41) is 5.78. The quantitative estimate of drug-likeness (QED) is 0.897. The van der Waals surface area contributed by atoms with Crippen molar-refractivity contribution in [2.24, 2.45) is 5.92 Å². The molecule has 1 atom stereocenters. The number of pyridine rings is 1. The van der Waals surface area contributed by atoms with Crippen LogP contribution in [0.3, 0.4) is 0 Å². The summed E-state index contributed by atoms with van der Waals surface area (Å²) in [5.74, 6) is -0.380. The summed E-state index contributed by atoms with van der Waals surface area (Å²) in [6.45, 7) is 5.03. The molecule has 7 heteroatoms. The van der Waals surface area contributed by atoms with Crippen LogP contribution < -0.4 is 10.6 Å². The molecule has 0 aliphatic heterocycles. The van der Waals surface area contributed by atoms with Crippen LogP contribution in [0.15, 0.2) is 12.3 Å². The number of rotatable bonds is 4. The molecule has 104 valence electrons. The zero-order valence-electron chi connectivity index (χ0n) is 10.8. The van der Waals surface area contributed by atoms with E-state index in [4.69, 9.17) is 23.2 Å². The zero-order chi connectivity index (χ0) is 14.6. The fourth-order valence-electron chi connectivity index (χ4n) is 1.44. The van der Waals surface area contributed by atoms with Gasteiger partial charge in [-0.2, -0.15) is 0 Å². The molecule has 1 rings (SSSR count). The molecule has 1 heterocycles. The summed E-state index contributed by atoms with van der Waals surface area (Å²) >= 11 is 11.6. The smallest absolute Gasteiger partial charge is 0.248 e. The van der Waals surface area contributed by atoms with Gasteiger partial charge in [0, 0.05) is 19.2 Å². The summed E-state index contributed by atoms with van der Waals surface area (Å²) in [7, 11) is 0. The molecule has 0 saturated heterocycles. The highest BCUT2D eigenvalue weighted by Crippen LogP contribution is 2.23. The predicted molar refractivity (Wildman–Crippen MR) is 75.3 cm³/mol. The number of halogens is 2. The highest BCUT2D eigenvalue weighted by atomic mass is 35.5. The monoisotopic (exact) mass is 303 g/mol. The van der Waals surface area contributed by atoms with Gasteiger partial charge in [-0.15, -0.1) is 0 Å². The van der Waals surface area contributed by atoms with Gasteiger partial charge in [-0.3, -0.25) is 9.59 Å². The van der Waals surface area contributed by atoms with Crippen molar-refractivity contribution in [1.29, 1.82) is 0 Å². The predicted octanol–water partition coefficient (Wildman–Crippen LogP) is 2.49. The van der Waals surface area contributed by atoms with Crippen molar-refractivity contribution >= 4 is 40.8 Å². The third-order valence-corrected chi connectivity index (χ3v) is 3.08. The number of aromatic nitrogens is 1. The zero-order valence-corrected chi connectivity index (χ0v) is 12.3. The van der Waals surface area contributed by atoms with Gasteiger partial charge in [-0.1, -0.05) is 37.0 Å². The van der Waals surface area contributed by atoms with Crippen LogP contribution in [-0.4, -0.2) is 22.8 Å². The second-order valence-corrected chi connectivity index (χ2v) is 5.21. The number of carbonyl (C=O) groups is 2. The number of hydrogen-bond donors (Lipinski definition) is 2. The molecule has 0 aliphatic rings. The lowest BCUT2D eigenvalue weighted by molar-refractivity contribution is -0.126. The van der Waals surface area contributed by atoms with E-state index in [1.54, 1.807) is 0 Å². The van der Waals surface area contributed by atoms with Crippen LogP contribution in [0.5, 0.6) is 0 Å². The molecule has 0 fully saturated rings. The molecule has 0 aromatic carbocycles. The van der Waals surface area contributed by atoms with E-state index >= 15 is 0 Å². The minimum Gasteiger partial charge on any atom is -0.344 e. The molecular weight excluding hydrogens is 289 g/mol. The Balaban J connectivity index is 2.81. The first-order valence-electron chi connectivity index (χ1n) is 5.70. The Bertz CT molecular complexity index is 492. The molecule has 0 spiro atoms. The van der Waals surface area contributed by atoms with Crippen molar-refractivity contribution in [3.63, 3.8) is 0 Å². The number of anilines is 1. The average Bonchev–Trinajstić information content (AvgIpc) is 2.30. The highest BCUT2D eigenvalue weighted by molar-refractivity contribution is 6.42. The number of nitrogens with zero attached hydrogens (tertiary/aromatic N) is 1. The van der Waals surface area contributed by atoms with Gasteiger partial charge in [-0.25, -0.2) is 4.98 Å². The summed E-state index contributed by atoms with van der Waals surface area (Å²) < 4.78 is 0. The van der Waals surface area contributed by atoms with Crippen LogP contribution in [0.2, 0.25) is 10.0 Å². The van der Waals surface area contributed by atoms with E-state index in [-0.39, 0.29) is 23.6 Å². The number of nitrogens with one attached hydrogen (secondary N) is 2. The fourth-order valence-corrected chi connectivity index (χ4v) is 1.70. The third kappa shape index (κ3) is 4.69. The van der Waals surface area contributed by atoms with Crippen molar-refractivity contribution in [3.8, 4) is 0 Å². The molecule has 5 nitrogen and oxygen atoms in total. The van der Waals surface area contributed by atoms with Gasteiger partial charge in [0.25, 0.3) is 0 Å². The normalized spacial score (nSPS) is 12.1. The molecular formula is C12H15Cl2N3O2. The van der Waals surface area contributed by atoms with E-state index in [1.165, 1.54) is 19.2 Å². The van der Waals surface area contributed by atoms with E-state index in [0.717, 1.165) is 0 Å². The Morgan fingerprint density at radius 2 is 1.89 bits per heavy atom. The van der Waals surface area contributed by atoms with E-state index in [2.05, 4.69) is 15.6 Å². The third-order valence-electron chi connectivity index (χ3n) is 2.37. The second kappa shape index (κ2) is 6.73. The van der Waals surface area contributed by atoms with Crippen molar-refractivity contribution in [2.75, 3.05) is 5.32 Å². The van der Waals surface area contributed by atoms with Crippen LogP contribution in [0.25, 0.3) is 0 Å². The van der Waals surface area contributed by atoms with Crippen molar-refractivity contribution < 1.29 is 9.59 Å². The van der Waals surface area contributed by atoms with E-state index < -0.39 is 6.04 Å². The summed E-state index contributed by atoms with van der Waals surface area (Å²) in [4.78, 5) is 27.1. The largest absolute Gasteiger partial charge is 0.344 e. The fraction of sp³-hybridized carbons (Fsp3) is 0.417. The summed E-state index contributed by atoms with van der Waals surface area (Å²) in [6, 6.07) is 0.821. The highest BCUT2D eigenvalue weighted by Gasteiger charge is 2.23. The lowest BCUT2D eigenvalue weighted by atomic mass is 10.0. The van der Waals surface area contributed by atoms with Gasteiger partial charge in [0.1, 0.15) is 11.9 Å². The first-order valence-corrected chi connectivity index (χ1v) is 6.46. The maximum absolute atomic E-state index is 12.0. The molecule has 1 aromatic rings. The number of amides is 2. The van der Waals surface area contributed by atoms with Gasteiger partial charge < -0.3 is 10.6 Å². The first-order chi connectivity index (χ1) is 8.81. The molecule has 1 aromatic heterocycles. The number of hydrogen-bond acceptors (Lipinski definition) is 3. The van der Waals surface area contributed by atoms with Crippen molar-refractivity contribution in [2.45, 2.75) is 26.8 Å². The molecule has 0 bridgehead atoms. The topological polar surface area (TPSA) is 71.1 Å². The van der Waals surface area contributed by atoms with Gasteiger partial charge in [0.15, 0.2) is 0 Å². The Morgan fingerprint density at radius 1 is 1.26 bits per heavy atom. The lowest BCUT2D eigenvalue weighted by Gasteiger charge is -2.20. The van der Waals surface area contributed by atoms with E-state index in [1.807, 2.05) is 13.8 Å². The van der Waals surface area contributed by atoms with Gasteiger partial charge in [0.05, 0.1) is 10.0 Å². The average molecular weight is 304 g/mol. The maximum Gasteiger partial charge on any atom is 0.248 e. The molecule has 0 aliphatic carbocycles. The molecule has 19 heavy (non-hydrogen) atoms. The minimum atomic E-state index is -0.631. The molecule has 2 amide bonds. The Labute approximate surface area is 121 Å². The van der Waals surface area contributed by atoms with Crippen molar-refractivity contribution in [3.05, 3.63) is 22.3 Å². The first kappa shape index (κ1) is 15.7. The van der Waals surface area contributed by atoms with Crippen molar-refractivity contribution in [1.82, 2.24) is 10.3 Å². The van der Waals surface area contributed by atoms with Gasteiger partial charge >= 0.3 is 0 Å². The Kier molecular flexibility index (Phi) is 5.57. The van der Waals surface area contributed by atoms with Crippen LogP contribution in [0, 0.1) is 5.92 Å². The maximum atomic E-state index is 12.0. The summed E-state index contributed by atoms with van der Waals surface area (Å²) in [6.07, 6.45) is 1.35. The standard InChI is InChI=1S/C12H15Cl2N3O2/c1-6(2)11(16-7(3)18)12(19)17-10-4-8(13)9(14)5-15-10/h4-6,11H,1-3H3,(H,16,18)(H,15,17,19). The molecule has 0 radical (unpaired) electrons. The van der Waals surface area contributed by atoms with E-state index in [9.17, 15) is 9.59 Å². The van der Waals surface area contributed by atoms with E-state index in [0.29, 0.717) is 10.0 Å². The lowest BCUT2D eigenvalue weighted by Crippen LogP contribution is -2.46. The second-order valence-electron chi connectivity index (χ2n) is 4.40. The van der Waals surface area contributed by atoms with Crippen LogP contribution in [0.4, 0.5) is 5.82 Å². The number of carbonyl (C=O) groups excluding carboxylic acids is 2. The SMILES string of the molecule is CC(=O)NC(C(=O)Nc1cc(Cl)c(Cl)cn1)C(C)C. The van der Waals surface area contributed by atoms with Gasteiger partial charge in [-0.05, 0) is 5.92 Å². The minimum absolute atomic E-state index is 0.0494. The van der Waals surface area contributed by atoms with Crippen LogP contribution >= 0.6 is 23.2 Å². The molecule has 0 saturated carbocycles. The van der Waals surface area contributed by atoms with Crippen LogP contribution in [-0.2, 0) is 9.59 Å². The molecule has 2 N–H and O–H groups in total. The Morgan fingerprint density at radius 3 is 2.37 bits per heavy atom. The van der Waals surface area contributed by atoms with Gasteiger partial charge in [0.2, 0.25) is 11.8 Å². The van der Waals surface area contributed by atoms with Crippen LogP contribution in [0.1, 0.15) is 20.8 Å². The molecule has 1 unspecified atom stereocenters. The summed E-state index contributed by atoms with van der Waals surface area (Å²) in [5.41, 5.74) is 0.